The molecule has 1 aromatic heterocycles. The minimum atomic E-state index is -0.416. The normalized spacial score (nSPS) is 16.8. The second kappa shape index (κ2) is 9.14. The van der Waals surface area contributed by atoms with E-state index in [1.165, 1.54) is 12.1 Å². The lowest BCUT2D eigenvalue weighted by atomic mass is 9.91. The number of carbonyl (C=O) groups is 1. The molecule has 1 unspecified atom stereocenters. The van der Waals surface area contributed by atoms with Gasteiger partial charge in [0.05, 0.1) is 6.61 Å². The molecular weight excluding hydrogens is 424 g/mol. The lowest BCUT2D eigenvalue weighted by molar-refractivity contribution is 0.0495. The van der Waals surface area contributed by atoms with Crippen molar-refractivity contribution in [3.05, 3.63) is 64.9 Å². The van der Waals surface area contributed by atoms with Gasteiger partial charge >= 0.3 is 0 Å². The van der Waals surface area contributed by atoms with E-state index in [-0.39, 0.29) is 23.4 Å². The summed E-state index contributed by atoms with van der Waals surface area (Å²) in [7, 11) is 0. The fourth-order valence-electron chi connectivity index (χ4n) is 4.87. The fourth-order valence-corrected chi connectivity index (χ4v) is 4.87. The number of ether oxygens (including phenoxy) is 1. The summed E-state index contributed by atoms with van der Waals surface area (Å²) >= 11 is 0. The minimum Gasteiger partial charge on any atom is -0.490 e. The smallest absolute Gasteiger partial charge is 0.266 e. The Kier molecular flexibility index (Phi) is 6.06. The van der Waals surface area contributed by atoms with Crippen molar-refractivity contribution in [1.29, 1.82) is 0 Å². The molecule has 0 radical (unpaired) electrons. The van der Waals surface area contributed by atoms with E-state index >= 15 is 0 Å². The first-order valence-corrected chi connectivity index (χ1v) is 11.8. The van der Waals surface area contributed by atoms with Crippen LogP contribution in [0.4, 0.5) is 8.78 Å². The first kappa shape index (κ1) is 21.9. The number of hydrazine groups is 1. The van der Waals surface area contributed by atoms with Gasteiger partial charge in [0.1, 0.15) is 5.82 Å². The average Bonchev–Trinajstić information content (AvgIpc) is 3.19. The van der Waals surface area contributed by atoms with Crippen molar-refractivity contribution in [3.63, 3.8) is 0 Å². The summed E-state index contributed by atoms with van der Waals surface area (Å²) in [5, 5.41) is 2.94. The van der Waals surface area contributed by atoms with Crippen LogP contribution in [-0.4, -0.2) is 35.1 Å². The quantitative estimate of drug-likeness (QED) is 0.467. The zero-order valence-corrected chi connectivity index (χ0v) is 18.8. The predicted molar refractivity (Wildman–Crippen MR) is 123 cm³/mol. The molecule has 1 saturated carbocycles. The van der Waals surface area contributed by atoms with Crippen LogP contribution >= 0.6 is 0 Å². The Balaban J connectivity index is 1.30. The number of benzene rings is 2. The molecule has 7 heteroatoms. The van der Waals surface area contributed by atoms with Gasteiger partial charge < -0.3 is 9.72 Å². The Morgan fingerprint density at radius 1 is 1.24 bits per heavy atom. The Hall–Kier alpha value is -2.93. The van der Waals surface area contributed by atoms with Crippen LogP contribution in [0.15, 0.2) is 36.5 Å². The number of halogens is 2. The molecule has 0 bridgehead atoms. The maximum Gasteiger partial charge on any atom is 0.266 e. The summed E-state index contributed by atoms with van der Waals surface area (Å²) in [5.74, 6) is -0.478. The molecule has 0 saturated heterocycles. The van der Waals surface area contributed by atoms with E-state index in [4.69, 9.17) is 4.74 Å². The maximum absolute atomic E-state index is 14.2. The Morgan fingerprint density at radius 2 is 2.09 bits per heavy atom. The van der Waals surface area contributed by atoms with E-state index in [1.807, 2.05) is 11.2 Å². The fraction of sp³-hybridized carbons (Fsp3) is 0.423. The van der Waals surface area contributed by atoms with Crippen molar-refractivity contribution in [1.82, 2.24) is 15.4 Å². The lowest BCUT2D eigenvalue weighted by Crippen LogP contribution is -2.52. The van der Waals surface area contributed by atoms with E-state index in [2.05, 4.69) is 17.3 Å². The predicted octanol–water partition coefficient (Wildman–Crippen LogP) is 5.46. The van der Waals surface area contributed by atoms with Gasteiger partial charge in [-0.05, 0) is 73.9 Å². The topological polar surface area (TPSA) is 57.4 Å². The van der Waals surface area contributed by atoms with Crippen LogP contribution in [0.3, 0.4) is 0 Å². The standard InChI is InChI=1S/C26H29F2N3O2/c1-16(22-15-29-24-10-7-17(27)14-21(22)24)11-12-31(18-4-2-5-18)30-26(32)20-8-9-23(28)25-19(20)6-3-13-33-25/h7-10,14-16,18,29H,2-6,11-13H2,1H3,(H,30,32). The highest BCUT2D eigenvalue weighted by molar-refractivity contribution is 5.96. The molecule has 2 aliphatic rings. The number of nitrogens with zero attached hydrogens (tertiary/aromatic N) is 1. The van der Waals surface area contributed by atoms with Gasteiger partial charge in [-0.2, -0.15) is 0 Å². The number of amides is 1. The summed E-state index contributed by atoms with van der Waals surface area (Å²) in [6, 6.07) is 7.96. The number of aromatic amines is 1. The zero-order valence-electron chi connectivity index (χ0n) is 18.8. The molecule has 1 atom stereocenters. The van der Waals surface area contributed by atoms with Gasteiger partial charge in [-0.1, -0.05) is 13.3 Å². The van der Waals surface area contributed by atoms with Gasteiger partial charge in [-0.25, -0.2) is 13.8 Å². The second-order valence-electron chi connectivity index (χ2n) is 9.20. The second-order valence-corrected chi connectivity index (χ2v) is 9.20. The third-order valence-electron chi connectivity index (χ3n) is 7.04. The third kappa shape index (κ3) is 4.34. The summed E-state index contributed by atoms with van der Waals surface area (Å²) in [4.78, 5) is 16.4. The molecule has 33 heavy (non-hydrogen) atoms. The summed E-state index contributed by atoms with van der Waals surface area (Å²) < 4.78 is 33.4. The van der Waals surface area contributed by atoms with Gasteiger partial charge in [0.2, 0.25) is 0 Å². The van der Waals surface area contributed by atoms with Crippen LogP contribution in [-0.2, 0) is 6.42 Å². The monoisotopic (exact) mass is 453 g/mol. The highest BCUT2D eigenvalue weighted by atomic mass is 19.1. The molecule has 0 spiro atoms. The van der Waals surface area contributed by atoms with Gasteiger partial charge in [0, 0.05) is 40.8 Å². The Morgan fingerprint density at radius 3 is 2.88 bits per heavy atom. The summed E-state index contributed by atoms with van der Waals surface area (Å²) in [6.07, 6.45) is 7.39. The molecule has 2 heterocycles. The van der Waals surface area contributed by atoms with Crippen LogP contribution in [0.5, 0.6) is 5.75 Å². The summed E-state index contributed by atoms with van der Waals surface area (Å²) in [5.41, 5.74) is 6.24. The largest absolute Gasteiger partial charge is 0.490 e. The number of nitrogens with one attached hydrogen (secondary N) is 2. The highest BCUT2D eigenvalue weighted by Crippen LogP contribution is 2.32. The van der Waals surface area contributed by atoms with Crippen LogP contribution < -0.4 is 10.2 Å². The number of rotatable bonds is 7. The lowest BCUT2D eigenvalue weighted by Gasteiger charge is -2.38. The van der Waals surface area contributed by atoms with E-state index < -0.39 is 5.82 Å². The Labute approximate surface area is 192 Å². The van der Waals surface area contributed by atoms with Crippen molar-refractivity contribution >= 4 is 16.8 Å². The molecule has 1 amide bonds. The minimum absolute atomic E-state index is 0.187. The molecular formula is C26H29F2N3O2. The van der Waals surface area contributed by atoms with Gasteiger partial charge in [-0.3, -0.25) is 10.2 Å². The number of hydrogen-bond acceptors (Lipinski definition) is 3. The molecule has 2 aromatic carbocycles. The van der Waals surface area contributed by atoms with E-state index in [9.17, 15) is 13.6 Å². The van der Waals surface area contributed by atoms with Crippen molar-refractivity contribution < 1.29 is 18.3 Å². The van der Waals surface area contributed by atoms with Crippen LogP contribution in [0.1, 0.15) is 66.4 Å². The van der Waals surface area contributed by atoms with Crippen LogP contribution in [0.25, 0.3) is 10.9 Å². The first-order valence-electron chi connectivity index (χ1n) is 11.8. The molecule has 1 fully saturated rings. The molecule has 174 valence electrons. The summed E-state index contributed by atoms with van der Waals surface area (Å²) in [6.45, 7) is 3.28. The molecule has 1 aliphatic heterocycles. The molecule has 5 rings (SSSR count). The van der Waals surface area contributed by atoms with E-state index in [0.717, 1.165) is 48.6 Å². The van der Waals surface area contributed by atoms with E-state index in [1.54, 1.807) is 18.2 Å². The SMILES string of the molecule is CC(CCN(NC(=O)c1ccc(F)c2c1CCCO2)C1CCC1)c1c[nH]c2ccc(F)cc12. The van der Waals surface area contributed by atoms with Crippen molar-refractivity contribution in [3.8, 4) is 5.75 Å². The Bertz CT molecular complexity index is 1170. The van der Waals surface area contributed by atoms with Crippen LogP contribution in [0.2, 0.25) is 0 Å². The third-order valence-corrected chi connectivity index (χ3v) is 7.04. The van der Waals surface area contributed by atoms with Gasteiger partial charge in [0.25, 0.3) is 5.91 Å². The van der Waals surface area contributed by atoms with Gasteiger partial charge in [-0.15, -0.1) is 0 Å². The first-order chi connectivity index (χ1) is 16.0. The highest BCUT2D eigenvalue weighted by Gasteiger charge is 2.29. The average molecular weight is 454 g/mol. The number of aromatic nitrogens is 1. The zero-order chi connectivity index (χ0) is 22.9. The number of hydrogen-bond donors (Lipinski definition) is 2. The van der Waals surface area contributed by atoms with Crippen molar-refractivity contribution in [2.24, 2.45) is 0 Å². The molecule has 3 aromatic rings. The van der Waals surface area contributed by atoms with Crippen molar-refractivity contribution in [2.75, 3.05) is 13.2 Å². The molecule has 5 nitrogen and oxygen atoms in total. The van der Waals surface area contributed by atoms with Gasteiger partial charge in [0.15, 0.2) is 11.6 Å². The van der Waals surface area contributed by atoms with E-state index in [0.29, 0.717) is 36.7 Å². The number of H-pyrrole nitrogens is 1. The molecule has 1 aliphatic carbocycles. The number of fused-ring (bicyclic) bond motifs is 2. The maximum atomic E-state index is 14.2. The molecule has 2 N–H and O–H groups in total. The van der Waals surface area contributed by atoms with Crippen molar-refractivity contribution in [2.45, 2.75) is 57.4 Å². The number of carbonyl (C=O) groups excluding carboxylic acids is 1. The van der Waals surface area contributed by atoms with Crippen LogP contribution in [0, 0.1) is 11.6 Å².